The highest BCUT2D eigenvalue weighted by atomic mass is 19.4. The van der Waals surface area contributed by atoms with E-state index in [1.165, 1.54) is 44.9 Å². The molecule has 0 aromatic rings. The Kier molecular flexibility index (Phi) is 6.80. The summed E-state index contributed by atoms with van der Waals surface area (Å²) in [6.45, 7) is -1.10. The van der Waals surface area contributed by atoms with Crippen molar-refractivity contribution in [2.45, 2.75) is 95.0 Å². The number of ether oxygens (including phenoxy) is 1. The van der Waals surface area contributed by atoms with E-state index < -0.39 is 12.8 Å². The molecule has 124 valence electrons. The van der Waals surface area contributed by atoms with E-state index in [0.717, 1.165) is 25.7 Å². The first-order valence-electron chi connectivity index (χ1n) is 8.47. The van der Waals surface area contributed by atoms with E-state index in [9.17, 15) is 13.2 Å². The Morgan fingerprint density at radius 1 is 0.810 bits per heavy atom. The highest BCUT2D eigenvalue weighted by molar-refractivity contribution is 4.82. The predicted octanol–water partition coefficient (Wildman–Crippen LogP) is 4.58. The molecule has 2 nitrogen and oxygen atoms in total. The normalized spacial score (nSPS) is 29.9. The SMILES string of the molecule is FC(F)(F)COC1CCCC(NC2CCCCCCC2)C1. The molecular formula is C16H28F3NO. The second kappa shape index (κ2) is 8.37. The van der Waals surface area contributed by atoms with E-state index in [2.05, 4.69) is 5.32 Å². The molecule has 2 atom stereocenters. The van der Waals surface area contributed by atoms with Gasteiger partial charge in [-0.25, -0.2) is 0 Å². The van der Waals surface area contributed by atoms with Gasteiger partial charge in [-0.15, -0.1) is 0 Å². The number of hydrogen-bond acceptors (Lipinski definition) is 2. The van der Waals surface area contributed by atoms with Gasteiger partial charge in [0.25, 0.3) is 0 Å². The minimum atomic E-state index is -4.21. The molecule has 0 saturated heterocycles. The third-order valence-corrected chi connectivity index (χ3v) is 4.69. The molecule has 2 aliphatic carbocycles. The highest BCUT2D eigenvalue weighted by Crippen LogP contribution is 2.26. The first kappa shape index (κ1) is 17.1. The van der Waals surface area contributed by atoms with Gasteiger partial charge in [-0.05, 0) is 38.5 Å². The number of alkyl halides is 3. The molecule has 2 saturated carbocycles. The van der Waals surface area contributed by atoms with Crippen molar-refractivity contribution in [3.63, 3.8) is 0 Å². The van der Waals surface area contributed by atoms with E-state index in [0.29, 0.717) is 12.1 Å². The Morgan fingerprint density at radius 3 is 2.10 bits per heavy atom. The van der Waals surface area contributed by atoms with Crippen LogP contribution >= 0.6 is 0 Å². The highest BCUT2D eigenvalue weighted by Gasteiger charge is 2.31. The molecule has 2 unspecified atom stereocenters. The summed E-state index contributed by atoms with van der Waals surface area (Å²) in [7, 11) is 0. The molecule has 1 N–H and O–H groups in total. The Balaban J connectivity index is 1.72. The van der Waals surface area contributed by atoms with Crippen molar-refractivity contribution in [1.29, 1.82) is 0 Å². The van der Waals surface area contributed by atoms with Gasteiger partial charge in [-0.1, -0.05) is 32.1 Å². The average Bonchev–Trinajstić information content (AvgIpc) is 2.39. The second-order valence-corrected chi connectivity index (χ2v) is 6.62. The van der Waals surface area contributed by atoms with E-state index in [4.69, 9.17) is 4.74 Å². The minimum Gasteiger partial charge on any atom is -0.369 e. The molecule has 0 aromatic carbocycles. The minimum absolute atomic E-state index is 0.230. The third kappa shape index (κ3) is 7.00. The van der Waals surface area contributed by atoms with Gasteiger partial charge in [-0.2, -0.15) is 13.2 Å². The quantitative estimate of drug-likeness (QED) is 0.821. The molecule has 0 aromatic heterocycles. The Hall–Kier alpha value is -0.290. The standard InChI is InChI=1S/C16H28F3NO/c17-16(18,19)12-21-15-10-6-9-14(11-15)20-13-7-4-2-1-3-5-8-13/h13-15,20H,1-12H2. The average molecular weight is 307 g/mol. The summed E-state index contributed by atoms with van der Waals surface area (Å²) in [5.41, 5.74) is 0. The lowest BCUT2D eigenvalue weighted by Crippen LogP contribution is -2.43. The van der Waals surface area contributed by atoms with Crippen LogP contribution in [0, 0.1) is 0 Å². The summed E-state index contributed by atoms with van der Waals surface area (Å²) in [6, 6.07) is 0.887. The maximum atomic E-state index is 12.2. The summed E-state index contributed by atoms with van der Waals surface area (Å²) in [5, 5.41) is 3.69. The van der Waals surface area contributed by atoms with Gasteiger partial charge in [0, 0.05) is 12.1 Å². The van der Waals surface area contributed by atoms with Crippen LogP contribution in [-0.2, 0) is 4.74 Å². The Bertz CT molecular complexity index is 288. The van der Waals surface area contributed by atoms with Crippen LogP contribution in [0.15, 0.2) is 0 Å². The van der Waals surface area contributed by atoms with E-state index in [1.54, 1.807) is 0 Å². The van der Waals surface area contributed by atoms with Gasteiger partial charge in [0.1, 0.15) is 6.61 Å². The maximum Gasteiger partial charge on any atom is 0.411 e. The van der Waals surface area contributed by atoms with Gasteiger partial charge < -0.3 is 10.1 Å². The van der Waals surface area contributed by atoms with Crippen LogP contribution < -0.4 is 5.32 Å². The first-order valence-corrected chi connectivity index (χ1v) is 8.47. The van der Waals surface area contributed by atoms with E-state index in [1.807, 2.05) is 0 Å². The molecule has 0 aliphatic heterocycles. The number of hydrogen-bond donors (Lipinski definition) is 1. The Labute approximate surface area is 125 Å². The molecule has 2 fully saturated rings. The zero-order chi connectivity index (χ0) is 15.1. The van der Waals surface area contributed by atoms with Crippen molar-refractivity contribution in [3.8, 4) is 0 Å². The van der Waals surface area contributed by atoms with E-state index >= 15 is 0 Å². The number of halogens is 3. The van der Waals surface area contributed by atoms with Gasteiger partial charge in [0.15, 0.2) is 0 Å². The molecule has 0 spiro atoms. The van der Waals surface area contributed by atoms with Crippen molar-refractivity contribution < 1.29 is 17.9 Å². The van der Waals surface area contributed by atoms with Crippen LogP contribution in [0.2, 0.25) is 0 Å². The fourth-order valence-corrected chi connectivity index (χ4v) is 3.62. The first-order chi connectivity index (χ1) is 10.0. The zero-order valence-corrected chi connectivity index (χ0v) is 12.8. The van der Waals surface area contributed by atoms with Crippen LogP contribution in [0.4, 0.5) is 13.2 Å². The van der Waals surface area contributed by atoms with Crippen LogP contribution in [0.5, 0.6) is 0 Å². The molecule has 2 aliphatic rings. The van der Waals surface area contributed by atoms with Gasteiger partial charge in [0.05, 0.1) is 6.10 Å². The molecule has 2 rings (SSSR count). The summed E-state index contributed by atoms with van der Waals surface area (Å²) in [4.78, 5) is 0. The lowest BCUT2D eigenvalue weighted by molar-refractivity contribution is -0.188. The van der Waals surface area contributed by atoms with E-state index in [-0.39, 0.29) is 6.10 Å². The lowest BCUT2D eigenvalue weighted by Gasteiger charge is -2.33. The van der Waals surface area contributed by atoms with Crippen LogP contribution in [0.3, 0.4) is 0 Å². The van der Waals surface area contributed by atoms with Crippen molar-refractivity contribution >= 4 is 0 Å². The van der Waals surface area contributed by atoms with Crippen molar-refractivity contribution in [2.75, 3.05) is 6.61 Å². The molecule has 0 amide bonds. The zero-order valence-electron chi connectivity index (χ0n) is 12.8. The maximum absolute atomic E-state index is 12.2. The topological polar surface area (TPSA) is 21.3 Å². The van der Waals surface area contributed by atoms with Crippen molar-refractivity contribution in [1.82, 2.24) is 5.32 Å². The number of nitrogens with one attached hydrogen (secondary N) is 1. The summed E-state index contributed by atoms with van der Waals surface area (Å²) >= 11 is 0. The fourth-order valence-electron chi connectivity index (χ4n) is 3.62. The van der Waals surface area contributed by atoms with Crippen molar-refractivity contribution in [3.05, 3.63) is 0 Å². The van der Waals surface area contributed by atoms with Crippen LogP contribution in [-0.4, -0.2) is 31.0 Å². The molecule has 0 radical (unpaired) electrons. The molecule has 21 heavy (non-hydrogen) atoms. The lowest BCUT2D eigenvalue weighted by atomic mass is 9.90. The molecule has 0 heterocycles. The van der Waals surface area contributed by atoms with Crippen LogP contribution in [0.1, 0.15) is 70.6 Å². The fraction of sp³-hybridized carbons (Fsp3) is 1.00. The summed E-state index contributed by atoms with van der Waals surface area (Å²) in [6.07, 6.45) is 8.06. The Morgan fingerprint density at radius 2 is 1.43 bits per heavy atom. The van der Waals surface area contributed by atoms with Gasteiger partial charge >= 0.3 is 6.18 Å². The summed E-state index contributed by atoms with van der Waals surface area (Å²) in [5.74, 6) is 0. The van der Waals surface area contributed by atoms with Crippen LogP contribution in [0.25, 0.3) is 0 Å². The predicted molar refractivity (Wildman–Crippen MR) is 77.3 cm³/mol. The molecule has 5 heteroatoms. The second-order valence-electron chi connectivity index (χ2n) is 6.62. The third-order valence-electron chi connectivity index (χ3n) is 4.69. The van der Waals surface area contributed by atoms with Gasteiger partial charge in [-0.3, -0.25) is 0 Å². The smallest absolute Gasteiger partial charge is 0.369 e. The monoisotopic (exact) mass is 307 g/mol. The summed E-state index contributed by atoms with van der Waals surface area (Å²) < 4.78 is 41.7. The van der Waals surface area contributed by atoms with Gasteiger partial charge in [0.2, 0.25) is 0 Å². The largest absolute Gasteiger partial charge is 0.411 e. The molecule has 0 bridgehead atoms. The van der Waals surface area contributed by atoms with Crippen molar-refractivity contribution in [2.24, 2.45) is 0 Å². The number of rotatable bonds is 4. The molecular weight excluding hydrogens is 279 g/mol.